The minimum atomic E-state index is -0.281. The lowest BCUT2D eigenvalue weighted by Crippen LogP contribution is -2.24. The van der Waals surface area contributed by atoms with Gasteiger partial charge in [0.05, 0.1) is 6.54 Å². The molecule has 3 rings (SSSR count). The van der Waals surface area contributed by atoms with Gasteiger partial charge in [0.15, 0.2) is 5.82 Å². The molecule has 1 aromatic heterocycles. The normalized spacial score (nSPS) is 15.2. The Morgan fingerprint density at radius 2 is 2.00 bits per heavy atom. The van der Waals surface area contributed by atoms with Crippen molar-refractivity contribution in [3.63, 3.8) is 0 Å². The van der Waals surface area contributed by atoms with Gasteiger partial charge in [0.2, 0.25) is 5.91 Å². The minimum absolute atomic E-state index is 0.144. The zero-order valence-corrected chi connectivity index (χ0v) is 17.9. The number of likely N-dealkylation sites (N-methyl/N-ethyl adjacent to an activating group) is 1. The molecule has 0 aliphatic carbocycles. The molecule has 2 aromatic rings. The van der Waals surface area contributed by atoms with E-state index in [9.17, 15) is 9.59 Å². The van der Waals surface area contributed by atoms with Crippen LogP contribution >= 0.6 is 0 Å². The van der Waals surface area contributed by atoms with Crippen LogP contribution in [-0.2, 0) is 16.6 Å². The van der Waals surface area contributed by atoms with E-state index in [1.807, 2.05) is 48.9 Å². The van der Waals surface area contributed by atoms with Crippen LogP contribution < -0.4 is 16.0 Å². The van der Waals surface area contributed by atoms with Gasteiger partial charge in [-0.15, -0.1) is 10.2 Å². The maximum absolute atomic E-state index is 12.8. The number of dihydropyridines is 1. The predicted molar refractivity (Wildman–Crippen MR) is 120 cm³/mol. The lowest BCUT2D eigenvalue weighted by Gasteiger charge is -2.13. The Kier molecular flexibility index (Phi) is 6.76. The first-order valence-corrected chi connectivity index (χ1v) is 9.71. The van der Waals surface area contributed by atoms with Gasteiger partial charge in [0.1, 0.15) is 12.0 Å². The van der Waals surface area contributed by atoms with Gasteiger partial charge in [0.25, 0.3) is 5.91 Å². The third-order valence-electron chi connectivity index (χ3n) is 4.58. The number of aromatic nitrogens is 3. The van der Waals surface area contributed by atoms with E-state index < -0.39 is 0 Å². The van der Waals surface area contributed by atoms with Crippen molar-refractivity contribution in [3.05, 3.63) is 65.3 Å². The van der Waals surface area contributed by atoms with Gasteiger partial charge in [-0.05, 0) is 42.4 Å². The molecule has 0 saturated heterocycles. The molecule has 2 amide bonds. The molecular weight excluding hydrogens is 394 g/mol. The van der Waals surface area contributed by atoms with Crippen LogP contribution in [0.2, 0.25) is 0 Å². The second-order valence-corrected chi connectivity index (χ2v) is 7.07. The van der Waals surface area contributed by atoms with Gasteiger partial charge >= 0.3 is 0 Å². The second kappa shape index (κ2) is 9.66. The summed E-state index contributed by atoms with van der Waals surface area (Å²) in [6.45, 7) is 3.76. The summed E-state index contributed by atoms with van der Waals surface area (Å²) in [6.07, 6.45) is 6.96. The van der Waals surface area contributed by atoms with E-state index in [0.717, 1.165) is 16.7 Å². The number of rotatable bonds is 6. The van der Waals surface area contributed by atoms with E-state index in [1.165, 1.54) is 6.92 Å². The molecule has 31 heavy (non-hydrogen) atoms. The van der Waals surface area contributed by atoms with E-state index >= 15 is 0 Å². The van der Waals surface area contributed by atoms with Crippen molar-refractivity contribution >= 4 is 23.7 Å². The number of aryl methyl sites for hydroxylation is 1. The first kappa shape index (κ1) is 21.7. The Labute approximate surface area is 180 Å². The fourth-order valence-electron chi connectivity index (χ4n) is 3.06. The molecule has 2 heterocycles. The van der Waals surface area contributed by atoms with E-state index in [-0.39, 0.29) is 11.8 Å². The van der Waals surface area contributed by atoms with Gasteiger partial charge < -0.3 is 20.5 Å². The zero-order chi connectivity index (χ0) is 22.4. The molecule has 0 unspecified atom stereocenters. The number of carbonyl (C=O) groups is 2. The molecule has 1 aromatic carbocycles. The summed E-state index contributed by atoms with van der Waals surface area (Å²) in [5.41, 5.74) is 4.25. The Hall–Kier alpha value is -4.01. The Bertz CT molecular complexity index is 1120. The zero-order valence-electron chi connectivity index (χ0n) is 17.9. The van der Waals surface area contributed by atoms with Crippen LogP contribution in [0.25, 0.3) is 11.4 Å². The SMILES string of the molecule is CNC(=CC(C)=C1C=NCC(NC(C)=O)=C1)C(=O)Nc1cccc(-c2nncn2C)c1. The van der Waals surface area contributed by atoms with Crippen LogP contribution in [0.15, 0.2) is 70.3 Å². The van der Waals surface area contributed by atoms with Gasteiger partial charge in [0, 0.05) is 44.2 Å². The lowest BCUT2D eigenvalue weighted by molar-refractivity contribution is -0.118. The number of hydrogen-bond acceptors (Lipinski definition) is 6. The third-order valence-corrected chi connectivity index (χ3v) is 4.58. The fourth-order valence-corrected chi connectivity index (χ4v) is 3.06. The second-order valence-electron chi connectivity index (χ2n) is 7.07. The van der Waals surface area contributed by atoms with Gasteiger partial charge in [-0.1, -0.05) is 12.1 Å². The highest BCUT2D eigenvalue weighted by molar-refractivity contribution is 6.04. The molecule has 9 nitrogen and oxygen atoms in total. The number of nitrogens with one attached hydrogen (secondary N) is 3. The summed E-state index contributed by atoms with van der Waals surface area (Å²) in [7, 11) is 3.55. The number of aliphatic imine (C=N–C) groups is 1. The van der Waals surface area contributed by atoms with E-state index in [4.69, 9.17) is 0 Å². The number of anilines is 1. The average Bonchev–Trinajstić information content (AvgIpc) is 3.17. The highest BCUT2D eigenvalue weighted by atomic mass is 16.2. The molecule has 3 N–H and O–H groups in total. The van der Waals surface area contributed by atoms with Gasteiger partial charge in [-0.2, -0.15) is 0 Å². The monoisotopic (exact) mass is 419 g/mol. The fraction of sp³-hybridized carbons (Fsp3) is 0.227. The van der Waals surface area contributed by atoms with Crippen LogP contribution in [0.3, 0.4) is 0 Å². The van der Waals surface area contributed by atoms with Crippen molar-refractivity contribution in [2.45, 2.75) is 13.8 Å². The van der Waals surface area contributed by atoms with Crippen molar-refractivity contribution in [3.8, 4) is 11.4 Å². The number of carbonyl (C=O) groups excluding carboxylic acids is 2. The first-order valence-electron chi connectivity index (χ1n) is 9.71. The topological polar surface area (TPSA) is 113 Å². The number of nitrogens with zero attached hydrogens (tertiary/aromatic N) is 4. The van der Waals surface area contributed by atoms with Crippen LogP contribution in [0.1, 0.15) is 13.8 Å². The minimum Gasteiger partial charge on any atom is -0.384 e. The summed E-state index contributed by atoms with van der Waals surface area (Å²) in [4.78, 5) is 28.4. The molecule has 0 radical (unpaired) electrons. The molecule has 160 valence electrons. The lowest BCUT2D eigenvalue weighted by atomic mass is 10.1. The van der Waals surface area contributed by atoms with Crippen molar-refractivity contribution in [2.24, 2.45) is 12.0 Å². The molecule has 0 atom stereocenters. The molecule has 0 saturated carbocycles. The van der Waals surface area contributed by atoms with Crippen molar-refractivity contribution in [1.29, 1.82) is 0 Å². The largest absolute Gasteiger partial charge is 0.384 e. The first-order chi connectivity index (χ1) is 14.9. The Morgan fingerprint density at radius 3 is 2.68 bits per heavy atom. The smallest absolute Gasteiger partial charge is 0.271 e. The molecule has 0 bridgehead atoms. The van der Waals surface area contributed by atoms with Crippen LogP contribution in [-0.4, -0.2) is 46.4 Å². The van der Waals surface area contributed by atoms with Crippen molar-refractivity contribution in [1.82, 2.24) is 25.4 Å². The summed E-state index contributed by atoms with van der Waals surface area (Å²) in [5.74, 6) is 0.283. The number of amides is 2. The Morgan fingerprint density at radius 1 is 1.19 bits per heavy atom. The summed E-state index contributed by atoms with van der Waals surface area (Å²) in [6, 6.07) is 7.41. The molecule has 9 heteroatoms. The van der Waals surface area contributed by atoms with Crippen molar-refractivity contribution < 1.29 is 9.59 Å². The van der Waals surface area contributed by atoms with E-state index in [0.29, 0.717) is 29.5 Å². The van der Waals surface area contributed by atoms with Crippen LogP contribution in [0.5, 0.6) is 0 Å². The molecular formula is C22H25N7O2. The number of benzene rings is 1. The van der Waals surface area contributed by atoms with E-state index in [1.54, 1.807) is 25.7 Å². The molecule has 0 fully saturated rings. The van der Waals surface area contributed by atoms with Crippen LogP contribution in [0.4, 0.5) is 5.69 Å². The van der Waals surface area contributed by atoms with Gasteiger partial charge in [-0.25, -0.2) is 0 Å². The maximum atomic E-state index is 12.8. The third kappa shape index (κ3) is 5.53. The number of hydrogen-bond donors (Lipinski definition) is 3. The summed E-state index contributed by atoms with van der Waals surface area (Å²) < 4.78 is 1.81. The van der Waals surface area contributed by atoms with E-state index in [2.05, 4.69) is 31.1 Å². The quantitative estimate of drug-likeness (QED) is 0.620. The predicted octanol–water partition coefficient (Wildman–Crippen LogP) is 1.94. The maximum Gasteiger partial charge on any atom is 0.271 e. The highest BCUT2D eigenvalue weighted by Gasteiger charge is 2.12. The molecule has 1 aliphatic heterocycles. The van der Waals surface area contributed by atoms with Crippen LogP contribution in [0, 0.1) is 0 Å². The molecule has 1 aliphatic rings. The number of allylic oxidation sites excluding steroid dienone is 4. The average molecular weight is 419 g/mol. The van der Waals surface area contributed by atoms with Crippen molar-refractivity contribution in [2.75, 3.05) is 18.9 Å². The summed E-state index contributed by atoms with van der Waals surface area (Å²) >= 11 is 0. The summed E-state index contributed by atoms with van der Waals surface area (Å²) in [5, 5.41) is 16.6. The standard InChI is InChI=1S/C22H25N7O2/c1-14(17-10-19(12-24-11-17)26-15(2)30)8-20(23-3)22(31)27-18-7-5-6-16(9-18)21-28-25-13-29(21)4/h5-11,13,23H,12H2,1-4H3,(H,26,30)(H,27,31). The molecule has 0 spiro atoms. The van der Waals surface area contributed by atoms with Gasteiger partial charge in [-0.3, -0.25) is 14.6 Å². The highest BCUT2D eigenvalue weighted by Crippen LogP contribution is 2.20. The Balaban J connectivity index is 1.80.